The fourth-order valence-electron chi connectivity index (χ4n) is 4.79. The van der Waals surface area contributed by atoms with Crippen LogP contribution < -0.4 is 5.32 Å². The molecule has 0 aromatic heterocycles. The van der Waals surface area contributed by atoms with Gasteiger partial charge >= 0.3 is 0 Å². The second-order valence-corrected chi connectivity index (χ2v) is 10.6. The molecule has 0 unspecified atom stereocenters. The van der Waals surface area contributed by atoms with Crippen molar-refractivity contribution in [3.63, 3.8) is 0 Å². The van der Waals surface area contributed by atoms with E-state index in [2.05, 4.69) is 5.32 Å². The summed E-state index contributed by atoms with van der Waals surface area (Å²) >= 11 is 0. The highest BCUT2D eigenvalue weighted by Gasteiger charge is 2.44. The maximum absolute atomic E-state index is 13.3. The number of hydrogen-bond donors (Lipinski definition) is 1. The normalized spacial score (nSPS) is 20.9. The third kappa shape index (κ3) is 4.77. The molecule has 1 aromatic rings. The molecule has 28 heavy (non-hydrogen) atoms. The van der Waals surface area contributed by atoms with Crippen LogP contribution in [0.2, 0.25) is 0 Å². The molecule has 0 radical (unpaired) electrons. The van der Waals surface area contributed by atoms with Crippen molar-refractivity contribution in [1.82, 2.24) is 9.62 Å². The minimum atomic E-state index is -3.21. The Morgan fingerprint density at radius 2 is 1.79 bits per heavy atom. The van der Waals surface area contributed by atoms with E-state index in [1.165, 1.54) is 32.1 Å². The highest BCUT2D eigenvalue weighted by molar-refractivity contribution is 7.89. The lowest BCUT2D eigenvalue weighted by Crippen LogP contribution is -2.53. The van der Waals surface area contributed by atoms with Crippen LogP contribution >= 0.6 is 0 Å². The molecule has 0 bridgehead atoms. The summed E-state index contributed by atoms with van der Waals surface area (Å²) in [6.07, 6.45) is 8.66. The van der Waals surface area contributed by atoms with E-state index < -0.39 is 15.4 Å². The number of benzene rings is 1. The van der Waals surface area contributed by atoms with E-state index in [1.807, 2.05) is 30.3 Å². The topological polar surface area (TPSA) is 66.5 Å². The molecule has 1 heterocycles. The number of nitrogens with one attached hydrogen (secondary N) is 1. The van der Waals surface area contributed by atoms with E-state index in [4.69, 9.17) is 0 Å². The molecule has 0 spiro atoms. The Balaban J connectivity index is 1.65. The molecule has 1 saturated carbocycles. The van der Waals surface area contributed by atoms with Gasteiger partial charge in [-0.1, -0.05) is 56.0 Å². The zero-order chi connectivity index (χ0) is 20.0. The van der Waals surface area contributed by atoms with Crippen molar-refractivity contribution in [3.8, 4) is 0 Å². The number of carbonyl (C=O) groups is 1. The van der Waals surface area contributed by atoms with Gasteiger partial charge in [0.1, 0.15) is 0 Å². The lowest BCUT2D eigenvalue weighted by atomic mass is 9.72. The Bertz CT molecular complexity index is 734. The molecule has 1 aromatic carbocycles. The number of nitrogens with zero attached hydrogens (tertiary/aromatic N) is 1. The van der Waals surface area contributed by atoms with E-state index in [1.54, 1.807) is 11.2 Å². The molecule has 3 rings (SSSR count). The molecule has 156 valence electrons. The number of sulfonamides is 1. The van der Waals surface area contributed by atoms with Gasteiger partial charge in [0, 0.05) is 19.6 Å². The Labute approximate surface area is 169 Å². The van der Waals surface area contributed by atoms with Gasteiger partial charge in [-0.05, 0) is 44.1 Å². The SMILES string of the molecule is CCS(=O)(=O)N1CCC(C(=O)NCCCC2CCCC2)(c2ccccc2)CC1. The van der Waals surface area contributed by atoms with Crippen LogP contribution in [0.5, 0.6) is 0 Å². The number of amides is 1. The number of hydrogen-bond acceptors (Lipinski definition) is 3. The molecule has 2 fully saturated rings. The molecule has 2 aliphatic rings. The lowest BCUT2D eigenvalue weighted by molar-refractivity contribution is -0.128. The van der Waals surface area contributed by atoms with Crippen LogP contribution in [0, 0.1) is 5.92 Å². The monoisotopic (exact) mass is 406 g/mol. The molecular weight excluding hydrogens is 372 g/mol. The first-order valence-corrected chi connectivity index (χ1v) is 12.4. The number of rotatable bonds is 8. The standard InChI is InChI=1S/C22H34N2O3S/c1-2-28(26,27)24-17-14-22(15-18-24,20-12-4-3-5-13-20)21(25)23-16-8-11-19-9-6-7-10-19/h3-5,12-13,19H,2,6-11,14-18H2,1H3,(H,23,25). The van der Waals surface area contributed by atoms with Gasteiger partial charge in [-0.25, -0.2) is 12.7 Å². The smallest absolute Gasteiger partial charge is 0.230 e. The third-order valence-corrected chi connectivity index (χ3v) is 8.53. The molecule has 1 saturated heterocycles. The van der Waals surface area contributed by atoms with Crippen molar-refractivity contribution in [2.45, 2.75) is 63.7 Å². The van der Waals surface area contributed by atoms with Gasteiger partial charge in [0.05, 0.1) is 11.2 Å². The van der Waals surface area contributed by atoms with Crippen LogP contribution in [0.1, 0.15) is 63.9 Å². The van der Waals surface area contributed by atoms with Gasteiger partial charge in [-0.2, -0.15) is 0 Å². The summed E-state index contributed by atoms with van der Waals surface area (Å²) in [6.45, 7) is 3.19. The summed E-state index contributed by atoms with van der Waals surface area (Å²) < 4.78 is 26.0. The van der Waals surface area contributed by atoms with Crippen LogP contribution in [0.25, 0.3) is 0 Å². The van der Waals surface area contributed by atoms with Gasteiger partial charge in [0.2, 0.25) is 15.9 Å². The highest BCUT2D eigenvalue weighted by Crippen LogP contribution is 2.37. The van der Waals surface area contributed by atoms with Crippen LogP contribution in [0.4, 0.5) is 0 Å². The predicted molar refractivity (Wildman–Crippen MR) is 113 cm³/mol. The minimum absolute atomic E-state index is 0.0543. The summed E-state index contributed by atoms with van der Waals surface area (Å²) in [5.74, 6) is 1.000. The second kappa shape index (κ2) is 9.40. The third-order valence-electron chi connectivity index (χ3n) is 6.64. The van der Waals surface area contributed by atoms with E-state index in [9.17, 15) is 13.2 Å². The van der Waals surface area contributed by atoms with Crippen molar-refractivity contribution in [2.24, 2.45) is 5.92 Å². The van der Waals surface area contributed by atoms with E-state index >= 15 is 0 Å². The minimum Gasteiger partial charge on any atom is -0.355 e. The summed E-state index contributed by atoms with van der Waals surface area (Å²) in [5, 5.41) is 3.18. The highest BCUT2D eigenvalue weighted by atomic mass is 32.2. The average molecular weight is 407 g/mol. The van der Waals surface area contributed by atoms with Crippen molar-refractivity contribution < 1.29 is 13.2 Å². The van der Waals surface area contributed by atoms with Crippen molar-refractivity contribution in [3.05, 3.63) is 35.9 Å². The van der Waals surface area contributed by atoms with Crippen molar-refractivity contribution >= 4 is 15.9 Å². The Kier molecular flexibility index (Phi) is 7.15. The maximum Gasteiger partial charge on any atom is 0.230 e. The molecule has 1 aliphatic heterocycles. The number of carbonyl (C=O) groups excluding carboxylic acids is 1. The van der Waals surface area contributed by atoms with Crippen LogP contribution in [-0.2, 0) is 20.2 Å². The Morgan fingerprint density at radius 1 is 1.14 bits per heavy atom. The molecule has 6 heteroatoms. The summed E-state index contributed by atoms with van der Waals surface area (Å²) in [4.78, 5) is 13.3. The molecule has 0 atom stereocenters. The average Bonchev–Trinajstić information content (AvgIpc) is 3.25. The first kappa shape index (κ1) is 21.3. The van der Waals surface area contributed by atoms with Gasteiger partial charge in [-0.3, -0.25) is 4.79 Å². The largest absolute Gasteiger partial charge is 0.355 e. The molecule has 1 amide bonds. The molecular formula is C22H34N2O3S. The van der Waals surface area contributed by atoms with Crippen LogP contribution in [-0.4, -0.2) is 44.0 Å². The zero-order valence-corrected chi connectivity index (χ0v) is 17.8. The molecule has 5 nitrogen and oxygen atoms in total. The Morgan fingerprint density at radius 3 is 2.39 bits per heavy atom. The quantitative estimate of drug-likeness (QED) is 0.673. The van der Waals surface area contributed by atoms with Crippen molar-refractivity contribution in [1.29, 1.82) is 0 Å². The predicted octanol–water partition coefficient (Wildman–Crippen LogP) is 3.46. The van der Waals surface area contributed by atoms with Gasteiger partial charge in [0.15, 0.2) is 0 Å². The first-order valence-electron chi connectivity index (χ1n) is 10.8. The van der Waals surface area contributed by atoms with Gasteiger partial charge < -0.3 is 5.32 Å². The van der Waals surface area contributed by atoms with Crippen molar-refractivity contribution in [2.75, 3.05) is 25.4 Å². The summed E-state index contributed by atoms with van der Waals surface area (Å²) in [5.41, 5.74) is 0.366. The van der Waals surface area contributed by atoms with Gasteiger partial charge in [-0.15, -0.1) is 0 Å². The molecule has 1 aliphatic carbocycles. The number of piperidine rings is 1. The summed E-state index contributed by atoms with van der Waals surface area (Å²) in [7, 11) is -3.21. The zero-order valence-electron chi connectivity index (χ0n) is 17.0. The van der Waals surface area contributed by atoms with Gasteiger partial charge in [0.25, 0.3) is 0 Å². The lowest BCUT2D eigenvalue weighted by Gasteiger charge is -2.40. The molecule has 1 N–H and O–H groups in total. The first-order chi connectivity index (χ1) is 13.5. The van der Waals surface area contributed by atoms with E-state index in [0.29, 0.717) is 32.5 Å². The van der Waals surface area contributed by atoms with E-state index in [-0.39, 0.29) is 11.7 Å². The van der Waals surface area contributed by atoms with Crippen LogP contribution in [0.15, 0.2) is 30.3 Å². The Hall–Kier alpha value is -1.40. The maximum atomic E-state index is 13.3. The van der Waals surface area contributed by atoms with Crippen LogP contribution in [0.3, 0.4) is 0 Å². The fourth-order valence-corrected chi connectivity index (χ4v) is 5.90. The van der Waals surface area contributed by atoms with E-state index in [0.717, 1.165) is 17.9 Å². The summed E-state index contributed by atoms with van der Waals surface area (Å²) in [6, 6.07) is 9.87. The fraction of sp³-hybridized carbons (Fsp3) is 0.682. The second-order valence-electron chi connectivity index (χ2n) is 8.30.